The third kappa shape index (κ3) is 1.95. The van der Waals surface area contributed by atoms with Gasteiger partial charge in [0.15, 0.2) is 0 Å². The Morgan fingerprint density at radius 2 is 2.00 bits per heavy atom. The van der Waals surface area contributed by atoms with Gasteiger partial charge in [-0.25, -0.2) is 0 Å². The molecule has 3 atom stereocenters. The second-order valence-corrected chi connectivity index (χ2v) is 3.38. The van der Waals surface area contributed by atoms with Crippen molar-refractivity contribution in [2.24, 2.45) is 11.7 Å². The molecule has 0 heterocycles. The Balaban J connectivity index is 2.53. The zero-order valence-corrected chi connectivity index (χ0v) is 6.94. The van der Waals surface area contributed by atoms with Gasteiger partial charge in [-0.2, -0.15) is 0 Å². The minimum absolute atomic E-state index is 0.253. The molecule has 12 heavy (non-hydrogen) atoms. The first kappa shape index (κ1) is 9.48. The van der Waals surface area contributed by atoms with Crippen LogP contribution in [0.2, 0.25) is 0 Å². The van der Waals surface area contributed by atoms with Crippen LogP contribution < -0.4 is 5.73 Å². The van der Waals surface area contributed by atoms with Crippen LogP contribution in [0.4, 0.5) is 0 Å². The van der Waals surface area contributed by atoms with E-state index in [0.717, 1.165) is 19.3 Å². The van der Waals surface area contributed by atoms with Crippen molar-refractivity contribution in [2.75, 3.05) is 0 Å². The summed E-state index contributed by atoms with van der Waals surface area (Å²) in [5.74, 6) is -1.27. The minimum Gasteiger partial charge on any atom is -0.480 e. The molecule has 4 nitrogen and oxygen atoms in total. The average molecular weight is 173 g/mol. The molecule has 0 amide bonds. The minimum atomic E-state index is -1.01. The van der Waals surface area contributed by atoms with Crippen molar-refractivity contribution in [1.82, 2.24) is 0 Å². The van der Waals surface area contributed by atoms with Gasteiger partial charge in [0.2, 0.25) is 0 Å². The van der Waals surface area contributed by atoms with Crippen LogP contribution in [0.15, 0.2) is 0 Å². The normalized spacial score (nSPS) is 32.8. The van der Waals surface area contributed by atoms with Crippen LogP contribution in [-0.2, 0) is 4.79 Å². The highest BCUT2D eigenvalue weighted by atomic mass is 16.4. The van der Waals surface area contributed by atoms with E-state index >= 15 is 0 Å². The summed E-state index contributed by atoms with van der Waals surface area (Å²) in [4.78, 5) is 10.5. The lowest BCUT2D eigenvalue weighted by Gasteiger charge is -2.29. The first-order chi connectivity index (χ1) is 5.63. The van der Waals surface area contributed by atoms with Crippen molar-refractivity contribution in [2.45, 2.75) is 37.8 Å². The number of rotatable bonds is 2. The predicted molar refractivity (Wildman–Crippen MR) is 43.6 cm³/mol. The average Bonchev–Trinajstić information content (AvgIpc) is 2.04. The maximum atomic E-state index is 10.5. The summed E-state index contributed by atoms with van der Waals surface area (Å²) in [6.07, 6.45) is 2.84. The van der Waals surface area contributed by atoms with E-state index in [4.69, 9.17) is 10.8 Å². The third-order valence-electron chi connectivity index (χ3n) is 2.53. The third-order valence-corrected chi connectivity index (χ3v) is 2.53. The molecule has 0 bridgehead atoms. The molecule has 2 unspecified atom stereocenters. The summed E-state index contributed by atoms with van der Waals surface area (Å²) in [5.41, 5.74) is 5.42. The number of aliphatic hydroxyl groups is 1. The fraction of sp³-hybridized carbons (Fsp3) is 0.875. The molecule has 0 spiro atoms. The lowest BCUT2D eigenvalue weighted by atomic mass is 9.82. The molecule has 0 aromatic heterocycles. The Morgan fingerprint density at radius 1 is 1.42 bits per heavy atom. The molecule has 0 aromatic rings. The lowest BCUT2D eigenvalue weighted by Crippen LogP contribution is -2.45. The zero-order valence-electron chi connectivity index (χ0n) is 6.94. The summed E-state index contributed by atoms with van der Waals surface area (Å²) in [5, 5.41) is 18.1. The molecule has 1 rings (SSSR count). The van der Waals surface area contributed by atoms with Gasteiger partial charge in [0, 0.05) is 5.92 Å². The van der Waals surface area contributed by atoms with Crippen LogP contribution in [-0.4, -0.2) is 28.3 Å². The fourth-order valence-corrected chi connectivity index (χ4v) is 1.74. The maximum absolute atomic E-state index is 10.5. The van der Waals surface area contributed by atoms with Gasteiger partial charge in [-0.15, -0.1) is 0 Å². The Kier molecular flexibility index (Phi) is 3.05. The Morgan fingerprint density at radius 3 is 2.50 bits per heavy atom. The largest absolute Gasteiger partial charge is 0.480 e. The maximum Gasteiger partial charge on any atom is 0.320 e. The number of aliphatic carboxylic acids is 1. The van der Waals surface area contributed by atoms with E-state index < -0.39 is 18.1 Å². The van der Waals surface area contributed by atoms with Gasteiger partial charge in [-0.3, -0.25) is 4.79 Å². The molecule has 0 aliphatic heterocycles. The molecule has 1 saturated carbocycles. The molecule has 4 heteroatoms. The Bertz CT molecular complexity index is 172. The Labute approximate surface area is 71.4 Å². The molecule has 0 radical (unpaired) electrons. The summed E-state index contributed by atoms with van der Waals surface area (Å²) in [6, 6.07) is -0.903. The van der Waals surface area contributed by atoms with E-state index in [9.17, 15) is 9.90 Å². The van der Waals surface area contributed by atoms with Gasteiger partial charge in [0.1, 0.15) is 6.04 Å². The second-order valence-electron chi connectivity index (χ2n) is 3.38. The lowest BCUT2D eigenvalue weighted by molar-refractivity contribution is -0.141. The summed E-state index contributed by atoms with van der Waals surface area (Å²) in [7, 11) is 0. The van der Waals surface area contributed by atoms with E-state index in [0.29, 0.717) is 6.42 Å². The molecule has 1 fully saturated rings. The molecule has 4 N–H and O–H groups in total. The van der Waals surface area contributed by atoms with Crippen LogP contribution >= 0.6 is 0 Å². The standard InChI is InChI=1S/C8H15NO3/c9-7(8(11)12)5-3-1-2-4-6(5)10/h5-7,10H,1-4,9H2,(H,11,12)/t5-,6?,7?/m0/s1. The number of hydrogen-bond donors (Lipinski definition) is 3. The van der Waals surface area contributed by atoms with Crippen LogP contribution in [0.3, 0.4) is 0 Å². The number of carbonyl (C=O) groups is 1. The van der Waals surface area contributed by atoms with Gasteiger partial charge in [-0.1, -0.05) is 12.8 Å². The SMILES string of the molecule is NC(C(=O)O)[C@H]1CCCCC1O. The van der Waals surface area contributed by atoms with E-state index in [1.165, 1.54) is 0 Å². The quantitative estimate of drug-likeness (QED) is 0.546. The van der Waals surface area contributed by atoms with Gasteiger partial charge in [-0.05, 0) is 12.8 Å². The molecule has 1 aliphatic rings. The number of carboxylic acid groups (broad SMARTS) is 1. The predicted octanol–water partition coefficient (Wildman–Crippen LogP) is -0.0506. The second kappa shape index (κ2) is 3.87. The molecule has 70 valence electrons. The Hall–Kier alpha value is -0.610. The highest BCUT2D eigenvalue weighted by Gasteiger charge is 2.32. The van der Waals surface area contributed by atoms with Crippen molar-refractivity contribution in [3.8, 4) is 0 Å². The van der Waals surface area contributed by atoms with Crippen LogP contribution in [0, 0.1) is 5.92 Å². The van der Waals surface area contributed by atoms with E-state index in [1.54, 1.807) is 0 Å². The molecule has 1 aliphatic carbocycles. The van der Waals surface area contributed by atoms with Crippen molar-refractivity contribution < 1.29 is 15.0 Å². The van der Waals surface area contributed by atoms with Gasteiger partial charge >= 0.3 is 5.97 Å². The summed E-state index contributed by atoms with van der Waals surface area (Å²) >= 11 is 0. The zero-order chi connectivity index (χ0) is 9.14. The molecular formula is C8H15NO3. The van der Waals surface area contributed by atoms with E-state index in [2.05, 4.69) is 0 Å². The first-order valence-electron chi connectivity index (χ1n) is 4.29. The highest BCUT2D eigenvalue weighted by Crippen LogP contribution is 2.26. The van der Waals surface area contributed by atoms with Crippen molar-refractivity contribution in [3.05, 3.63) is 0 Å². The van der Waals surface area contributed by atoms with Crippen LogP contribution in [0.1, 0.15) is 25.7 Å². The van der Waals surface area contributed by atoms with Crippen molar-refractivity contribution in [3.63, 3.8) is 0 Å². The van der Waals surface area contributed by atoms with Gasteiger partial charge in [0.05, 0.1) is 6.10 Å². The van der Waals surface area contributed by atoms with Gasteiger partial charge < -0.3 is 15.9 Å². The topological polar surface area (TPSA) is 83.6 Å². The highest BCUT2D eigenvalue weighted by molar-refractivity contribution is 5.73. The molecule has 0 saturated heterocycles. The number of carboxylic acids is 1. The van der Waals surface area contributed by atoms with Crippen LogP contribution in [0.25, 0.3) is 0 Å². The van der Waals surface area contributed by atoms with E-state index in [-0.39, 0.29) is 5.92 Å². The van der Waals surface area contributed by atoms with Crippen molar-refractivity contribution in [1.29, 1.82) is 0 Å². The first-order valence-corrected chi connectivity index (χ1v) is 4.29. The number of hydrogen-bond acceptors (Lipinski definition) is 3. The van der Waals surface area contributed by atoms with Crippen LogP contribution in [0.5, 0.6) is 0 Å². The summed E-state index contributed by atoms with van der Waals surface area (Å²) in [6.45, 7) is 0. The van der Waals surface area contributed by atoms with E-state index in [1.807, 2.05) is 0 Å². The smallest absolute Gasteiger partial charge is 0.320 e. The number of nitrogens with two attached hydrogens (primary N) is 1. The molecule has 0 aromatic carbocycles. The van der Waals surface area contributed by atoms with Crippen molar-refractivity contribution >= 4 is 5.97 Å². The molecular weight excluding hydrogens is 158 g/mol. The fourth-order valence-electron chi connectivity index (χ4n) is 1.74. The number of aliphatic hydroxyl groups excluding tert-OH is 1. The van der Waals surface area contributed by atoms with Gasteiger partial charge in [0.25, 0.3) is 0 Å². The summed E-state index contributed by atoms with van der Waals surface area (Å²) < 4.78 is 0. The monoisotopic (exact) mass is 173 g/mol.